The van der Waals surface area contributed by atoms with Gasteiger partial charge in [-0.1, -0.05) is 47.0 Å². The highest BCUT2D eigenvalue weighted by molar-refractivity contribution is 6.30. The third-order valence-corrected chi connectivity index (χ3v) is 6.48. The van der Waals surface area contributed by atoms with E-state index in [1.54, 1.807) is 12.1 Å². The molecule has 162 valence electrons. The second-order valence-corrected chi connectivity index (χ2v) is 8.94. The van der Waals surface area contributed by atoms with E-state index in [2.05, 4.69) is 5.32 Å². The minimum Gasteiger partial charge on any atom is -0.440 e. The molecule has 0 fully saturated rings. The zero-order chi connectivity index (χ0) is 22.9. The maximum absolute atomic E-state index is 13.8. The summed E-state index contributed by atoms with van der Waals surface area (Å²) in [6.45, 7) is 3.95. The SMILES string of the molecule is Cc1ccc2oc(=N)c3c(c2c1)Nc1oc2ccc(C)cc2c(=O)c1C3c1ccc(Cl)cc1. The van der Waals surface area contributed by atoms with Crippen molar-refractivity contribution >= 4 is 45.1 Å². The van der Waals surface area contributed by atoms with Gasteiger partial charge in [0.05, 0.1) is 28.1 Å². The van der Waals surface area contributed by atoms with E-state index in [-0.39, 0.29) is 11.0 Å². The maximum Gasteiger partial charge on any atom is 0.218 e. The lowest BCUT2D eigenvalue weighted by atomic mass is 9.82. The molecule has 2 aromatic heterocycles. The van der Waals surface area contributed by atoms with E-state index in [4.69, 9.17) is 25.8 Å². The van der Waals surface area contributed by atoms with Crippen molar-refractivity contribution in [2.45, 2.75) is 19.8 Å². The first-order valence-corrected chi connectivity index (χ1v) is 11.0. The molecule has 2 N–H and O–H groups in total. The Balaban J connectivity index is 1.76. The normalized spacial score (nSPS) is 14.7. The van der Waals surface area contributed by atoms with Crippen molar-refractivity contribution < 1.29 is 8.83 Å². The Morgan fingerprint density at radius 2 is 1.48 bits per heavy atom. The first-order chi connectivity index (χ1) is 15.9. The molecule has 33 heavy (non-hydrogen) atoms. The highest BCUT2D eigenvalue weighted by Crippen LogP contribution is 2.45. The van der Waals surface area contributed by atoms with Crippen LogP contribution in [0, 0.1) is 19.3 Å². The molecule has 0 saturated heterocycles. The predicted molar refractivity (Wildman–Crippen MR) is 130 cm³/mol. The zero-order valence-electron chi connectivity index (χ0n) is 18.0. The van der Waals surface area contributed by atoms with E-state index in [1.165, 1.54) is 0 Å². The van der Waals surface area contributed by atoms with E-state index in [9.17, 15) is 4.79 Å². The van der Waals surface area contributed by atoms with E-state index in [0.29, 0.717) is 44.3 Å². The topological polar surface area (TPSA) is 79.2 Å². The summed E-state index contributed by atoms with van der Waals surface area (Å²) in [7, 11) is 0. The summed E-state index contributed by atoms with van der Waals surface area (Å²) in [5, 5.41) is 14.0. The van der Waals surface area contributed by atoms with Crippen LogP contribution in [0.25, 0.3) is 21.9 Å². The average molecular weight is 455 g/mol. The summed E-state index contributed by atoms with van der Waals surface area (Å²) < 4.78 is 12.2. The fourth-order valence-corrected chi connectivity index (χ4v) is 4.81. The number of anilines is 2. The Hall–Kier alpha value is -3.83. The van der Waals surface area contributed by atoms with Gasteiger partial charge >= 0.3 is 0 Å². The largest absolute Gasteiger partial charge is 0.440 e. The molecule has 1 unspecified atom stereocenters. The lowest BCUT2D eigenvalue weighted by Crippen LogP contribution is -2.27. The smallest absolute Gasteiger partial charge is 0.218 e. The van der Waals surface area contributed by atoms with Crippen LogP contribution in [-0.2, 0) is 0 Å². The Morgan fingerprint density at radius 3 is 2.18 bits per heavy atom. The molecule has 5 nitrogen and oxygen atoms in total. The summed E-state index contributed by atoms with van der Waals surface area (Å²) >= 11 is 6.16. The average Bonchev–Trinajstić information content (AvgIpc) is 2.80. The summed E-state index contributed by atoms with van der Waals surface area (Å²) in [5.41, 5.74) is 5.62. The quantitative estimate of drug-likeness (QED) is 0.296. The van der Waals surface area contributed by atoms with Crippen molar-refractivity contribution in [3.05, 3.63) is 109 Å². The highest BCUT2D eigenvalue weighted by atomic mass is 35.5. The third kappa shape index (κ3) is 3.00. The monoisotopic (exact) mass is 454 g/mol. The van der Waals surface area contributed by atoms with Crippen molar-refractivity contribution in [2.24, 2.45) is 0 Å². The standard InChI is InChI=1S/C27H19ClN2O3/c1-13-3-9-19-17(11-13)24-22(26(29)32-19)21(15-5-7-16(28)8-6-15)23-25(31)18-12-14(2)4-10-20(18)33-27(23)30-24/h3-12,21,29-30H,1-2H3. The van der Waals surface area contributed by atoms with Gasteiger partial charge in [-0.05, 0) is 55.8 Å². The molecular weight excluding hydrogens is 436 g/mol. The van der Waals surface area contributed by atoms with Gasteiger partial charge in [0.1, 0.15) is 11.2 Å². The van der Waals surface area contributed by atoms with Crippen molar-refractivity contribution in [3.63, 3.8) is 0 Å². The Morgan fingerprint density at radius 1 is 0.848 bits per heavy atom. The number of aryl methyl sites for hydroxylation is 2. The first-order valence-electron chi connectivity index (χ1n) is 10.6. The molecule has 3 heterocycles. The number of fused-ring (bicyclic) bond motifs is 5. The number of hydrogen-bond donors (Lipinski definition) is 2. The number of halogens is 1. The Bertz CT molecular complexity index is 1710. The molecule has 3 aromatic carbocycles. The van der Waals surface area contributed by atoms with E-state index >= 15 is 0 Å². The van der Waals surface area contributed by atoms with Gasteiger partial charge in [-0.3, -0.25) is 10.2 Å². The molecule has 6 rings (SSSR count). The van der Waals surface area contributed by atoms with E-state index in [0.717, 1.165) is 22.1 Å². The number of hydrogen-bond acceptors (Lipinski definition) is 5. The number of benzene rings is 3. The molecule has 0 amide bonds. The molecule has 0 aliphatic carbocycles. The maximum atomic E-state index is 13.8. The van der Waals surface area contributed by atoms with Crippen LogP contribution >= 0.6 is 11.6 Å². The fraction of sp³-hybridized carbons (Fsp3) is 0.111. The van der Waals surface area contributed by atoms with Crippen LogP contribution < -0.4 is 16.3 Å². The van der Waals surface area contributed by atoms with Gasteiger partial charge in [0.15, 0.2) is 5.43 Å². The van der Waals surface area contributed by atoms with E-state index < -0.39 is 5.92 Å². The van der Waals surface area contributed by atoms with Crippen LogP contribution in [0.4, 0.5) is 11.6 Å². The lowest BCUT2D eigenvalue weighted by molar-refractivity contribution is 0.518. The molecule has 0 saturated carbocycles. The molecule has 0 bridgehead atoms. The van der Waals surface area contributed by atoms with Gasteiger partial charge in [-0.2, -0.15) is 0 Å². The Kier molecular flexibility index (Phi) is 4.26. The third-order valence-electron chi connectivity index (χ3n) is 6.23. The molecule has 1 atom stereocenters. The summed E-state index contributed by atoms with van der Waals surface area (Å²) in [4.78, 5) is 13.8. The van der Waals surface area contributed by atoms with Gasteiger partial charge in [-0.15, -0.1) is 0 Å². The van der Waals surface area contributed by atoms with Crippen LogP contribution in [-0.4, -0.2) is 0 Å². The summed E-state index contributed by atoms with van der Waals surface area (Å²) in [6, 6.07) is 18.7. The molecule has 0 spiro atoms. The van der Waals surface area contributed by atoms with Crippen LogP contribution in [0.1, 0.15) is 33.7 Å². The fourth-order valence-electron chi connectivity index (χ4n) is 4.69. The van der Waals surface area contributed by atoms with Crippen LogP contribution in [0.2, 0.25) is 5.02 Å². The highest BCUT2D eigenvalue weighted by Gasteiger charge is 2.35. The van der Waals surface area contributed by atoms with Crippen LogP contribution in [0.5, 0.6) is 0 Å². The van der Waals surface area contributed by atoms with Crippen LogP contribution in [0.3, 0.4) is 0 Å². The molecule has 0 radical (unpaired) electrons. The van der Waals surface area contributed by atoms with Gasteiger partial charge < -0.3 is 14.2 Å². The predicted octanol–water partition coefficient (Wildman–Crippen LogP) is 6.53. The molecular formula is C27H19ClN2O3. The van der Waals surface area contributed by atoms with Gasteiger partial charge in [-0.25, -0.2) is 0 Å². The number of nitrogens with one attached hydrogen (secondary N) is 2. The van der Waals surface area contributed by atoms with Gasteiger partial charge in [0.2, 0.25) is 11.4 Å². The zero-order valence-corrected chi connectivity index (χ0v) is 18.7. The Labute approximate surface area is 193 Å². The van der Waals surface area contributed by atoms with Crippen molar-refractivity contribution in [2.75, 3.05) is 5.32 Å². The van der Waals surface area contributed by atoms with Crippen molar-refractivity contribution in [3.8, 4) is 0 Å². The minimum absolute atomic E-state index is 0.00296. The van der Waals surface area contributed by atoms with Gasteiger partial charge in [0, 0.05) is 10.4 Å². The molecule has 1 aliphatic rings. The molecule has 6 heteroatoms. The van der Waals surface area contributed by atoms with Crippen molar-refractivity contribution in [1.29, 1.82) is 5.41 Å². The minimum atomic E-state index is -0.546. The van der Waals surface area contributed by atoms with Crippen molar-refractivity contribution in [1.82, 2.24) is 0 Å². The molecule has 5 aromatic rings. The van der Waals surface area contributed by atoms with Crippen LogP contribution in [0.15, 0.2) is 74.3 Å². The number of rotatable bonds is 1. The van der Waals surface area contributed by atoms with Gasteiger partial charge in [0.25, 0.3) is 0 Å². The van der Waals surface area contributed by atoms with E-state index in [1.807, 2.05) is 62.4 Å². The molecule has 1 aliphatic heterocycles. The first kappa shape index (κ1) is 19.8. The summed E-state index contributed by atoms with van der Waals surface area (Å²) in [6.07, 6.45) is 0. The second kappa shape index (κ2) is 7.09. The summed E-state index contributed by atoms with van der Waals surface area (Å²) in [5.74, 6) is -0.159. The lowest BCUT2D eigenvalue weighted by Gasteiger charge is -2.28. The second-order valence-electron chi connectivity index (χ2n) is 8.50.